The van der Waals surface area contributed by atoms with Crippen LogP contribution in [0, 0.1) is 0 Å². The van der Waals surface area contributed by atoms with E-state index in [2.05, 4.69) is 0 Å². The van der Waals surface area contributed by atoms with Crippen LogP contribution in [0.2, 0.25) is 0 Å². The highest BCUT2D eigenvalue weighted by atomic mass is 16.6. The van der Waals surface area contributed by atoms with Crippen LogP contribution in [0.15, 0.2) is 0 Å². The van der Waals surface area contributed by atoms with Crippen LogP contribution in [-0.4, -0.2) is 11.8 Å². The van der Waals surface area contributed by atoms with Crippen molar-refractivity contribution in [3.8, 4) is 0 Å². The minimum atomic E-state index is -0.774. The Hall–Kier alpha value is -0.770. The lowest BCUT2D eigenvalue weighted by Crippen LogP contribution is -2.47. The number of carbonyl (C=O) groups is 1. The third-order valence-electron chi connectivity index (χ3n) is 2.00. The van der Waals surface area contributed by atoms with Gasteiger partial charge < -0.3 is 10.5 Å². The summed E-state index contributed by atoms with van der Waals surface area (Å²) < 4.78 is 4.80. The second-order valence-corrected chi connectivity index (χ2v) is 3.05. The van der Waals surface area contributed by atoms with E-state index < -0.39 is 11.8 Å². The molecule has 64 valence electrons. The van der Waals surface area contributed by atoms with Gasteiger partial charge in [-0.25, -0.2) is 4.79 Å². The van der Waals surface area contributed by atoms with E-state index in [1.165, 1.54) is 6.42 Å². The molecule has 0 aromatic carbocycles. The third-order valence-corrected chi connectivity index (χ3v) is 2.00. The van der Waals surface area contributed by atoms with Crippen molar-refractivity contribution in [2.45, 2.75) is 37.8 Å². The van der Waals surface area contributed by atoms with Gasteiger partial charge in [0.25, 0.3) is 0 Å². The van der Waals surface area contributed by atoms with Gasteiger partial charge in [0.05, 0.1) is 0 Å². The van der Waals surface area contributed by atoms with Crippen LogP contribution in [0.4, 0.5) is 4.79 Å². The van der Waals surface area contributed by atoms with Gasteiger partial charge in [-0.15, -0.1) is 0 Å². The molecule has 0 atom stereocenters. The number of rotatable bonds is 1. The molecule has 0 bridgehead atoms. The molecule has 0 saturated heterocycles. The molecular weight excluding hydrogens is 144 g/mol. The summed E-state index contributed by atoms with van der Waals surface area (Å²) in [4.78, 5) is 10.4. The normalized spacial score (nSPS) is 22.6. The first-order chi connectivity index (χ1) is 5.12. The van der Waals surface area contributed by atoms with Gasteiger partial charge in [0.2, 0.25) is 0 Å². The summed E-state index contributed by atoms with van der Waals surface area (Å²) in [5, 5.41) is 0. The molecule has 1 fully saturated rings. The van der Waals surface area contributed by atoms with Crippen molar-refractivity contribution in [3.05, 3.63) is 0 Å². The lowest BCUT2D eigenvalue weighted by molar-refractivity contribution is -0.00693. The highest BCUT2D eigenvalue weighted by Crippen LogP contribution is 2.26. The first-order valence-corrected chi connectivity index (χ1v) is 3.90. The predicted molar refractivity (Wildman–Crippen MR) is 40.7 cm³/mol. The molecule has 0 aromatic rings. The van der Waals surface area contributed by atoms with Crippen LogP contribution < -0.4 is 11.5 Å². The van der Waals surface area contributed by atoms with Crippen molar-refractivity contribution in [2.75, 3.05) is 0 Å². The number of carbonyl (C=O) groups excluding carboxylic acids is 1. The third kappa shape index (κ3) is 2.38. The fourth-order valence-corrected chi connectivity index (χ4v) is 1.45. The van der Waals surface area contributed by atoms with E-state index in [-0.39, 0.29) is 0 Å². The highest BCUT2D eigenvalue weighted by molar-refractivity contribution is 5.65. The summed E-state index contributed by atoms with van der Waals surface area (Å²) in [5.41, 5.74) is 9.83. The minimum Gasteiger partial charge on any atom is -0.428 e. The van der Waals surface area contributed by atoms with Gasteiger partial charge in [0.1, 0.15) is 0 Å². The van der Waals surface area contributed by atoms with E-state index in [0.717, 1.165) is 25.7 Å². The van der Waals surface area contributed by atoms with E-state index in [0.29, 0.717) is 0 Å². The zero-order valence-electron chi connectivity index (χ0n) is 6.51. The van der Waals surface area contributed by atoms with E-state index in [9.17, 15) is 4.79 Å². The molecule has 1 saturated carbocycles. The fraction of sp³-hybridized carbons (Fsp3) is 0.857. The average Bonchev–Trinajstić information content (AvgIpc) is 1.85. The number of ether oxygens (including phenoxy) is 1. The standard InChI is InChI=1S/C7H14N2O2/c8-6(10)11-7(9)4-2-1-3-5-7/h1-5,9H2,(H2,8,10). The Balaban J connectivity index is 2.43. The molecule has 1 amide bonds. The smallest absolute Gasteiger partial charge is 0.406 e. The van der Waals surface area contributed by atoms with Crippen molar-refractivity contribution in [1.82, 2.24) is 0 Å². The molecule has 0 spiro atoms. The van der Waals surface area contributed by atoms with Gasteiger partial charge in [-0.1, -0.05) is 6.42 Å². The molecule has 4 heteroatoms. The Labute approximate surface area is 65.9 Å². The van der Waals surface area contributed by atoms with Crippen LogP contribution >= 0.6 is 0 Å². The molecule has 11 heavy (non-hydrogen) atoms. The molecule has 4 nitrogen and oxygen atoms in total. The monoisotopic (exact) mass is 158 g/mol. The number of primary amides is 1. The van der Waals surface area contributed by atoms with Crippen molar-refractivity contribution in [2.24, 2.45) is 11.5 Å². The first-order valence-electron chi connectivity index (χ1n) is 3.90. The zero-order valence-corrected chi connectivity index (χ0v) is 6.51. The minimum absolute atomic E-state index is 0.732. The molecule has 0 aliphatic heterocycles. The summed E-state index contributed by atoms with van der Waals surface area (Å²) in [7, 11) is 0. The van der Waals surface area contributed by atoms with E-state index in [1.54, 1.807) is 0 Å². The van der Waals surface area contributed by atoms with Crippen LogP contribution in [0.25, 0.3) is 0 Å². The Morgan fingerprint density at radius 3 is 2.27 bits per heavy atom. The van der Waals surface area contributed by atoms with Crippen LogP contribution in [0.5, 0.6) is 0 Å². The summed E-state index contributed by atoms with van der Waals surface area (Å²) in [6.07, 6.45) is 3.90. The average molecular weight is 158 g/mol. The van der Waals surface area contributed by atoms with Crippen molar-refractivity contribution >= 4 is 6.09 Å². The Bertz CT molecular complexity index is 153. The van der Waals surface area contributed by atoms with Crippen molar-refractivity contribution in [1.29, 1.82) is 0 Å². The molecule has 0 unspecified atom stereocenters. The van der Waals surface area contributed by atoms with Gasteiger partial charge in [0, 0.05) is 12.8 Å². The van der Waals surface area contributed by atoms with E-state index in [4.69, 9.17) is 16.2 Å². The maximum atomic E-state index is 10.4. The molecule has 1 aliphatic rings. The number of hydrogen-bond acceptors (Lipinski definition) is 3. The molecule has 0 radical (unpaired) electrons. The summed E-state index contributed by atoms with van der Waals surface area (Å²) >= 11 is 0. The van der Waals surface area contributed by atoms with Gasteiger partial charge >= 0.3 is 6.09 Å². The largest absolute Gasteiger partial charge is 0.428 e. The number of amides is 1. The van der Waals surface area contributed by atoms with Crippen LogP contribution in [-0.2, 0) is 4.74 Å². The maximum Gasteiger partial charge on any atom is 0.406 e. The molecule has 4 N–H and O–H groups in total. The van der Waals surface area contributed by atoms with Crippen molar-refractivity contribution in [3.63, 3.8) is 0 Å². The lowest BCUT2D eigenvalue weighted by Gasteiger charge is -2.31. The molecule has 1 aliphatic carbocycles. The van der Waals surface area contributed by atoms with E-state index in [1.807, 2.05) is 0 Å². The molecule has 1 rings (SSSR count). The zero-order chi connectivity index (χ0) is 8.32. The Morgan fingerprint density at radius 1 is 1.27 bits per heavy atom. The Morgan fingerprint density at radius 2 is 1.82 bits per heavy atom. The Kier molecular flexibility index (Phi) is 2.34. The fourth-order valence-electron chi connectivity index (χ4n) is 1.45. The number of nitrogens with two attached hydrogens (primary N) is 2. The second-order valence-electron chi connectivity index (χ2n) is 3.05. The molecule has 0 heterocycles. The van der Waals surface area contributed by atoms with Gasteiger partial charge in [-0.05, 0) is 12.8 Å². The second kappa shape index (κ2) is 3.09. The lowest BCUT2D eigenvalue weighted by atomic mass is 9.92. The van der Waals surface area contributed by atoms with Gasteiger partial charge in [-0.2, -0.15) is 0 Å². The summed E-state index contributed by atoms with van der Waals surface area (Å²) in [5.74, 6) is 0. The number of hydrogen-bond donors (Lipinski definition) is 2. The van der Waals surface area contributed by atoms with E-state index >= 15 is 0 Å². The van der Waals surface area contributed by atoms with Crippen LogP contribution in [0.3, 0.4) is 0 Å². The van der Waals surface area contributed by atoms with Gasteiger partial charge in [-0.3, -0.25) is 5.73 Å². The quantitative estimate of drug-likeness (QED) is 0.551. The summed E-state index contributed by atoms with van der Waals surface area (Å²) in [6.45, 7) is 0. The topological polar surface area (TPSA) is 78.3 Å². The maximum absolute atomic E-state index is 10.4. The highest BCUT2D eigenvalue weighted by Gasteiger charge is 2.30. The molecule has 0 aromatic heterocycles. The SMILES string of the molecule is NC(=O)OC1(N)CCCCC1. The summed E-state index contributed by atoms with van der Waals surface area (Å²) in [6, 6.07) is 0. The predicted octanol–water partition coefficient (Wildman–Crippen LogP) is 0.701. The first kappa shape index (κ1) is 8.33. The van der Waals surface area contributed by atoms with Crippen molar-refractivity contribution < 1.29 is 9.53 Å². The molecular formula is C7H14N2O2. The van der Waals surface area contributed by atoms with Gasteiger partial charge in [0.15, 0.2) is 5.72 Å². The van der Waals surface area contributed by atoms with Crippen LogP contribution in [0.1, 0.15) is 32.1 Å².